The first-order valence-corrected chi connectivity index (χ1v) is 31.6. The van der Waals surface area contributed by atoms with Crippen molar-refractivity contribution in [2.24, 2.45) is 0 Å². The van der Waals surface area contributed by atoms with E-state index in [1.165, 1.54) is 0 Å². The summed E-state index contributed by atoms with van der Waals surface area (Å²) >= 11 is 0. The Hall–Kier alpha value is -1.84. The van der Waals surface area contributed by atoms with Crippen molar-refractivity contribution in [3.63, 3.8) is 0 Å². The van der Waals surface area contributed by atoms with E-state index in [4.69, 9.17) is 85.3 Å². The minimum atomic E-state index is -2.43. The Balaban J connectivity index is 0.0000117. The van der Waals surface area contributed by atoms with E-state index in [1.807, 2.05) is 0 Å². The molecule has 0 spiro atoms. The summed E-state index contributed by atoms with van der Waals surface area (Å²) in [5.74, 6) is 0. The minimum absolute atomic E-state index is 0. The van der Waals surface area contributed by atoms with Crippen LogP contribution in [0.4, 0.5) is 0 Å². The molecule has 0 amide bonds. The van der Waals surface area contributed by atoms with Gasteiger partial charge in [-0.3, -0.25) is 0 Å². The van der Waals surface area contributed by atoms with Gasteiger partial charge in [-0.05, 0) is 0 Å². The topological polar surface area (TPSA) is 744 Å². The third kappa shape index (κ3) is 16.3. The van der Waals surface area contributed by atoms with Crippen LogP contribution in [0.1, 0.15) is 0 Å². The van der Waals surface area contributed by atoms with Crippen LogP contribution in [-0.4, -0.2) is 479 Å². The SMILES string of the molecule is O.OC[C@H]1O[C@H](O[C@H]2[C@H](O)[C@@H](O)[C@@H](OC[C@H]3O[C@@H]4O[C@H]5[C@H](O)[C@@H](O)[C@@H](O[C@H]6[C@H](O)[C@@H](O)[C@@H](O[C@H]7[C@H](O)[C@@H](O)C(O[C@H]8[C@H](O)[C@@H](O)[C@@H](O[C@H]9[C@H](O)[C@@H](O)[C@@H](O[C@H]%10[C@H](O)[C@@H](O)[C@@H](O[C@H]3[C@H](O)[C@H]4O)O[C@@H]%10CO)O[C@@H]9CO)O[C@@H]8CO)O[C@@H]7CO)O[C@@H]6CO)O[C@@H]5CO)O[C@@H]2CO)[C@H](O)[C@@H](O)[C@@H]1O. The molecule has 0 saturated carbocycles. The Morgan fingerprint density at radius 3 is 0.660 bits per heavy atom. The maximum atomic E-state index is 12.0. The standard InChI is InChI=1S/C54H90O45.H2O/c55-1-10-19(63)20(64)29(73)47(83-10)92-38-11(2-56)84-46(30(74)21(38)65)82-9-18-45-28(72)37(81)54(91-18)98-44-17(8-62)89-52(35(79)26(44)70)96-42-15(6-60)87-50(33(77)24(42)68)94-40-13(4-58)85-48(31(75)22(40)66)93-39-12(3-57)86-49(32(76)23(39)67)95-41-14(5-59)88-51(34(78)25(41)69)97-43-16(7-61)90-53(99-45)36(80)27(43)71;/h10-81H,1-9H2;1H2/t10-,11-,12-,13-,14-,15-,16-,17-,18-,19-,20+,21-,22-,23-,24-,25-,26-,27-,28-,29-,30-,31-,32-,33-,34-,35-,36-,37-,38-,39-,40-,41-,42-,43-,44-,45-,46+,47-,48?,49-,50-,51-,52-,53-,54-;/m1./s1. The monoisotopic (exact) mass is 1480 g/mol. The molecular formula is C54H92O46. The van der Waals surface area contributed by atoms with Crippen LogP contribution in [0.2, 0.25) is 0 Å². The zero-order valence-corrected chi connectivity index (χ0v) is 52.3. The normalized spacial score (nSPS) is 54.6. The predicted octanol–water partition coefficient (Wildman–Crippen LogP) is -20.4. The molecule has 23 saturated heterocycles. The van der Waals surface area contributed by atoms with Gasteiger partial charge in [-0.2, -0.15) is 0 Å². The molecule has 29 N–H and O–H groups in total. The number of aliphatic hydroxyl groups excluding tert-OH is 27. The second kappa shape index (κ2) is 35.0. The van der Waals surface area contributed by atoms with Crippen LogP contribution in [0.15, 0.2) is 0 Å². The molecule has 23 fully saturated rings. The maximum absolute atomic E-state index is 12.0. The van der Waals surface area contributed by atoms with E-state index < -0.39 is 336 Å². The predicted molar refractivity (Wildman–Crippen MR) is 297 cm³/mol. The quantitative estimate of drug-likeness (QED) is 0.0814. The van der Waals surface area contributed by atoms with E-state index in [2.05, 4.69) is 0 Å². The van der Waals surface area contributed by atoms with Crippen LogP contribution in [0.3, 0.4) is 0 Å². The molecule has 14 bridgehead atoms. The average molecular weight is 1480 g/mol. The molecule has 46 nitrogen and oxygen atoms in total. The molecule has 23 heterocycles. The molecule has 0 aromatic carbocycles. The largest absolute Gasteiger partial charge is 0.412 e. The number of hydrogen-bond acceptors (Lipinski definition) is 45. The fraction of sp³-hybridized carbons (Fsp3) is 1.00. The lowest BCUT2D eigenvalue weighted by Gasteiger charge is -2.50. The number of aliphatic hydroxyl groups is 27. The summed E-state index contributed by atoms with van der Waals surface area (Å²) in [6, 6.07) is 0. The van der Waals surface area contributed by atoms with E-state index in [0.717, 1.165) is 0 Å². The van der Waals surface area contributed by atoms with Crippen LogP contribution in [0.25, 0.3) is 0 Å². The van der Waals surface area contributed by atoms with Crippen molar-refractivity contribution >= 4 is 0 Å². The molecule has 100 heavy (non-hydrogen) atoms. The van der Waals surface area contributed by atoms with E-state index in [1.54, 1.807) is 0 Å². The van der Waals surface area contributed by atoms with Crippen LogP contribution in [0.5, 0.6) is 0 Å². The third-order valence-electron chi connectivity index (χ3n) is 19.0. The van der Waals surface area contributed by atoms with E-state index >= 15 is 0 Å². The van der Waals surface area contributed by atoms with Crippen molar-refractivity contribution in [1.29, 1.82) is 0 Å². The molecule has 23 aliphatic heterocycles. The molecule has 0 aromatic rings. The smallest absolute Gasteiger partial charge is 0.187 e. The fourth-order valence-electron chi connectivity index (χ4n) is 13.3. The van der Waals surface area contributed by atoms with Crippen LogP contribution >= 0.6 is 0 Å². The first kappa shape index (κ1) is 82.2. The highest BCUT2D eigenvalue weighted by atomic mass is 16.8. The Kier molecular flexibility index (Phi) is 28.8. The molecule has 584 valence electrons. The Bertz CT molecular complexity index is 2460. The molecule has 46 heteroatoms. The lowest BCUT2D eigenvalue weighted by molar-refractivity contribution is -0.399. The first-order chi connectivity index (χ1) is 47.1. The van der Waals surface area contributed by atoms with Gasteiger partial charge in [-0.25, -0.2) is 0 Å². The van der Waals surface area contributed by atoms with Gasteiger partial charge in [0.1, 0.15) is 220 Å². The average Bonchev–Trinajstić information content (AvgIpc) is 0.782. The second-order valence-electron chi connectivity index (χ2n) is 25.3. The Morgan fingerprint density at radius 2 is 0.410 bits per heavy atom. The van der Waals surface area contributed by atoms with Gasteiger partial charge in [0.05, 0.1) is 59.5 Å². The van der Waals surface area contributed by atoms with Crippen molar-refractivity contribution in [2.45, 2.75) is 276 Å². The van der Waals surface area contributed by atoms with Gasteiger partial charge in [-0.1, -0.05) is 0 Å². The summed E-state index contributed by atoms with van der Waals surface area (Å²) in [6.45, 7) is -9.86. The van der Waals surface area contributed by atoms with Crippen molar-refractivity contribution in [3.05, 3.63) is 0 Å². The minimum Gasteiger partial charge on any atom is -0.412 e. The second-order valence-corrected chi connectivity index (χ2v) is 25.3. The van der Waals surface area contributed by atoms with Crippen LogP contribution < -0.4 is 0 Å². The number of hydrogen-bond donors (Lipinski definition) is 27. The summed E-state index contributed by atoms with van der Waals surface area (Å²) in [7, 11) is 0. The molecule has 23 aliphatic rings. The maximum Gasteiger partial charge on any atom is 0.187 e. The highest BCUT2D eigenvalue weighted by Gasteiger charge is 2.61. The number of rotatable bonds is 13. The zero-order valence-electron chi connectivity index (χ0n) is 52.3. The summed E-state index contributed by atoms with van der Waals surface area (Å²) in [5.41, 5.74) is 0. The lowest BCUT2D eigenvalue weighted by atomic mass is 9.95. The molecule has 45 atom stereocenters. The Labute approximate surface area is 563 Å². The third-order valence-corrected chi connectivity index (χ3v) is 19.0. The lowest BCUT2D eigenvalue weighted by Crippen LogP contribution is -2.68. The summed E-state index contributed by atoms with van der Waals surface area (Å²) in [5, 5.41) is 299. The summed E-state index contributed by atoms with van der Waals surface area (Å²) in [4.78, 5) is 0. The molecule has 0 aromatic heterocycles. The van der Waals surface area contributed by atoms with E-state index in [9.17, 15) is 138 Å². The van der Waals surface area contributed by atoms with Crippen LogP contribution in [0, 0.1) is 0 Å². The van der Waals surface area contributed by atoms with E-state index in [0.29, 0.717) is 0 Å². The van der Waals surface area contributed by atoms with Crippen molar-refractivity contribution in [1.82, 2.24) is 0 Å². The Morgan fingerprint density at radius 1 is 0.190 bits per heavy atom. The van der Waals surface area contributed by atoms with Gasteiger partial charge in [0, 0.05) is 0 Å². The van der Waals surface area contributed by atoms with Gasteiger partial charge < -0.3 is 229 Å². The van der Waals surface area contributed by atoms with Gasteiger partial charge in [0.15, 0.2) is 56.6 Å². The van der Waals surface area contributed by atoms with Crippen molar-refractivity contribution in [3.8, 4) is 0 Å². The van der Waals surface area contributed by atoms with E-state index in [-0.39, 0.29) is 5.48 Å². The first-order valence-electron chi connectivity index (χ1n) is 31.6. The van der Waals surface area contributed by atoms with Gasteiger partial charge >= 0.3 is 0 Å². The molecular weight excluding hydrogens is 1380 g/mol. The molecule has 0 aliphatic carbocycles. The summed E-state index contributed by atoms with van der Waals surface area (Å²) < 4.78 is 103. The van der Waals surface area contributed by atoms with Crippen molar-refractivity contribution in [2.75, 3.05) is 59.5 Å². The number of ether oxygens (including phenoxy) is 18. The molecule has 1 unspecified atom stereocenters. The van der Waals surface area contributed by atoms with Gasteiger partial charge in [0.2, 0.25) is 0 Å². The summed E-state index contributed by atoms with van der Waals surface area (Å²) in [6.07, 6.45) is -94.3. The van der Waals surface area contributed by atoms with Gasteiger partial charge in [-0.15, -0.1) is 0 Å². The highest BCUT2D eigenvalue weighted by Crippen LogP contribution is 2.40. The fourth-order valence-corrected chi connectivity index (χ4v) is 13.3. The molecule has 23 rings (SSSR count). The van der Waals surface area contributed by atoms with Crippen LogP contribution in [-0.2, 0) is 85.3 Å². The zero-order chi connectivity index (χ0) is 72.1. The van der Waals surface area contributed by atoms with Gasteiger partial charge in [0.25, 0.3) is 0 Å². The molecule has 0 radical (unpaired) electrons. The van der Waals surface area contributed by atoms with Crippen molar-refractivity contribution < 1.29 is 229 Å². The highest BCUT2D eigenvalue weighted by molar-refractivity contribution is 5.03.